The molecule has 3 atom stereocenters. The van der Waals surface area contributed by atoms with Gasteiger partial charge in [0.1, 0.15) is 0 Å². The zero-order valence-corrected chi connectivity index (χ0v) is 8.65. The van der Waals surface area contributed by atoms with Crippen LogP contribution in [0, 0.1) is 17.2 Å². The van der Waals surface area contributed by atoms with E-state index >= 15 is 0 Å². The van der Waals surface area contributed by atoms with Crippen molar-refractivity contribution in [2.75, 3.05) is 13.1 Å². The van der Waals surface area contributed by atoms with Crippen molar-refractivity contribution in [1.29, 1.82) is 5.26 Å². The maximum atomic E-state index is 8.95. The molecule has 1 aliphatic carbocycles. The van der Waals surface area contributed by atoms with Crippen molar-refractivity contribution in [1.82, 2.24) is 4.90 Å². The lowest BCUT2D eigenvalue weighted by Gasteiger charge is -2.22. The summed E-state index contributed by atoms with van der Waals surface area (Å²) in [4.78, 5) is 2.35. The number of likely N-dealkylation sites (tertiary alicyclic amines) is 1. The average Bonchev–Trinajstić information content (AvgIpc) is 2.76. The molecule has 2 rings (SSSR count). The van der Waals surface area contributed by atoms with E-state index in [-0.39, 0.29) is 6.04 Å². The molecule has 2 unspecified atom stereocenters. The van der Waals surface area contributed by atoms with Gasteiger partial charge in [0.2, 0.25) is 0 Å². The third-order valence-corrected chi connectivity index (χ3v) is 3.59. The molecule has 0 spiro atoms. The average molecular weight is 193 g/mol. The second-order valence-corrected chi connectivity index (χ2v) is 4.72. The predicted octanol–water partition coefficient (Wildman–Crippen LogP) is 1.10. The van der Waals surface area contributed by atoms with Gasteiger partial charge < -0.3 is 5.73 Å². The Balaban J connectivity index is 1.82. The van der Waals surface area contributed by atoms with Crippen molar-refractivity contribution in [2.24, 2.45) is 11.7 Å². The molecule has 1 saturated heterocycles. The first kappa shape index (κ1) is 9.95. The predicted molar refractivity (Wildman–Crippen MR) is 55.5 cm³/mol. The molecule has 2 aliphatic rings. The minimum Gasteiger partial charge on any atom is -0.328 e. The molecule has 0 aromatic carbocycles. The minimum atomic E-state index is 0.187. The third-order valence-electron chi connectivity index (χ3n) is 3.59. The second-order valence-electron chi connectivity index (χ2n) is 4.72. The fraction of sp³-hybridized carbons (Fsp3) is 0.909. The molecule has 0 radical (unpaired) electrons. The molecule has 78 valence electrons. The highest BCUT2D eigenvalue weighted by molar-refractivity contribution is 4.97. The lowest BCUT2D eigenvalue weighted by Crippen LogP contribution is -2.32. The fourth-order valence-electron chi connectivity index (χ4n) is 2.80. The molecule has 1 heterocycles. The van der Waals surface area contributed by atoms with Crippen LogP contribution >= 0.6 is 0 Å². The van der Waals surface area contributed by atoms with Gasteiger partial charge in [0, 0.05) is 12.6 Å². The highest BCUT2D eigenvalue weighted by atomic mass is 15.2. The van der Waals surface area contributed by atoms with Gasteiger partial charge in [0.15, 0.2) is 0 Å². The first-order chi connectivity index (χ1) is 6.79. The fourth-order valence-corrected chi connectivity index (χ4v) is 2.80. The Morgan fingerprint density at radius 2 is 2.21 bits per heavy atom. The van der Waals surface area contributed by atoms with Crippen molar-refractivity contribution in [3.63, 3.8) is 0 Å². The topological polar surface area (TPSA) is 53.0 Å². The van der Waals surface area contributed by atoms with Crippen molar-refractivity contribution in [2.45, 2.75) is 44.2 Å². The molecule has 3 nitrogen and oxygen atoms in total. The summed E-state index contributed by atoms with van der Waals surface area (Å²) < 4.78 is 0. The maximum absolute atomic E-state index is 8.95. The van der Waals surface area contributed by atoms with E-state index in [1.54, 1.807) is 0 Å². The molecular formula is C11H19N3. The van der Waals surface area contributed by atoms with Gasteiger partial charge in [-0.2, -0.15) is 5.26 Å². The molecule has 3 heteroatoms. The van der Waals surface area contributed by atoms with Gasteiger partial charge in [-0.25, -0.2) is 0 Å². The summed E-state index contributed by atoms with van der Waals surface area (Å²) in [5.41, 5.74) is 5.88. The molecule has 14 heavy (non-hydrogen) atoms. The normalized spacial score (nSPS) is 38.7. The molecule has 0 amide bonds. The first-order valence-corrected chi connectivity index (χ1v) is 5.69. The standard InChI is InChI=1S/C11H19N3/c12-7-11-2-1-5-14(11)8-9-3-4-10(13)6-9/h9-11H,1-6,8,13H2/t9?,10?,11-/m0/s1. The summed E-state index contributed by atoms with van der Waals surface area (Å²) in [6.45, 7) is 2.22. The number of hydrogen-bond donors (Lipinski definition) is 1. The van der Waals surface area contributed by atoms with E-state index in [9.17, 15) is 0 Å². The van der Waals surface area contributed by atoms with Gasteiger partial charge in [0.25, 0.3) is 0 Å². The van der Waals surface area contributed by atoms with Crippen LogP contribution in [0.25, 0.3) is 0 Å². The summed E-state index contributed by atoms with van der Waals surface area (Å²) in [5, 5.41) is 8.95. The highest BCUT2D eigenvalue weighted by Gasteiger charge is 2.29. The number of hydrogen-bond acceptors (Lipinski definition) is 3. The lowest BCUT2D eigenvalue weighted by molar-refractivity contribution is 0.246. The number of rotatable bonds is 2. The second kappa shape index (κ2) is 4.29. The van der Waals surface area contributed by atoms with Crippen LogP contribution < -0.4 is 5.73 Å². The van der Waals surface area contributed by atoms with E-state index < -0.39 is 0 Å². The SMILES string of the molecule is N#C[C@@H]1CCCN1CC1CCC(N)C1. The first-order valence-electron chi connectivity index (χ1n) is 5.69. The van der Waals surface area contributed by atoms with E-state index in [0.29, 0.717) is 6.04 Å². The summed E-state index contributed by atoms with van der Waals surface area (Å²) in [6.07, 6.45) is 5.85. The smallest absolute Gasteiger partial charge is 0.0978 e. The van der Waals surface area contributed by atoms with Crippen LogP contribution in [0.3, 0.4) is 0 Å². The number of nitrogens with two attached hydrogens (primary N) is 1. The Labute approximate surface area is 85.9 Å². The van der Waals surface area contributed by atoms with Gasteiger partial charge >= 0.3 is 0 Å². The van der Waals surface area contributed by atoms with Crippen LogP contribution in [0.5, 0.6) is 0 Å². The molecular weight excluding hydrogens is 174 g/mol. The van der Waals surface area contributed by atoms with E-state index in [2.05, 4.69) is 11.0 Å². The quantitative estimate of drug-likeness (QED) is 0.714. The van der Waals surface area contributed by atoms with Gasteiger partial charge in [-0.3, -0.25) is 4.90 Å². The summed E-state index contributed by atoms with van der Waals surface area (Å²) in [5.74, 6) is 0.749. The number of nitrogens with zero attached hydrogens (tertiary/aromatic N) is 2. The number of nitriles is 1. The Hall–Kier alpha value is -0.590. The summed E-state index contributed by atoms with van der Waals surface area (Å²) in [6, 6.07) is 3.00. The molecule has 0 aromatic rings. The minimum absolute atomic E-state index is 0.187. The van der Waals surface area contributed by atoms with Crippen LogP contribution in [0.1, 0.15) is 32.1 Å². The zero-order chi connectivity index (χ0) is 9.97. The van der Waals surface area contributed by atoms with E-state index in [1.807, 2.05) is 0 Å². The molecule has 0 aromatic heterocycles. The Kier molecular flexibility index (Phi) is 3.05. The molecule has 2 fully saturated rings. The van der Waals surface area contributed by atoms with Crippen molar-refractivity contribution in [3.05, 3.63) is 0 Å². The van der Waals surface area contributed by atoms with Crippen molar-refractivity contribution < 1.29 is 0 Å². The molecule has 2 N–H and O–H groups in total. The monoisotopic (exact) mass is 193 g/mol. The van der Waals surface area contributed by atoms with E-state index in [4.69, 9.17) is 11.0 Å². The maximum Gasteiger partial charge on any atom is 0.0978 e. The zero-order valence-electron chi connectivity index (χ0n) is 8.65. The van der Waals surface area contributed by atoms with Gasteiger partial charge in [-0.1, -0.05) is 0 Å². The highest BCUT2D eigenvalue weighted by Crippen LogP contribution is 2.27. The Bertz CT molecular complexity index is 233. The van der Waals surface area contributed by atoms with Crippen LogP contribution in [0.2, 0.25) is 0 Å². The van der Waals surface area contributed by atoms with Crippen LogP contribution in [0.4, 0.5) is 0 Å². The van der Waals surface area contributed by atoms with Gasteiger partial charge in [-0.05, 0) is 44.6 Å². The van der Waals surface area contributed by atoms with Crippen molar-refractivity contribution >= 4 is 0 Å². The molecule has 1 aliphatic heterocycles. The third kappa shape index (κ3) is 2.08. The Morgan fingerprint density at radius 3 is 2.86 bits per heavy atom. The van der Waals surface area contributed by atoms with Crippen molar-refractivity contribution in [3.8, 4) is 6.07 Å². The summed E-state index contributed by atoms with van der Waals surface area (Å²) in [7, 11) is 0. The van der Waals surface area contributed by atoms with Crippen LogP contribution in [-0.4, -0.2) is 30.1 Å². The van der Waals surface area contributed by atoms with E-state index in [1.165, 1.54) is 19.3 Å². The molecule has 0 bridgehead atoms. The van der Waals surface area contributed by atoms with Crippen LogP contribution in [-0.2, 0) is 0 Å². The van der Waals surface area contributed by atoms with Gasteiger partial charge in [-0.15, -0.1) is 0 Å². The lowest BCUT2D eigenvalue weighted by atomic mass is 10.1. The van der Waals surface area contributed by atoms with E-state index in [0.717, 1.165) is 31.8 Å². The molecule has 1 saturated carbocycles. The summed E-state index contributed by atoms with van der Waals surface area (Å²) >= 11 is 0. The van der Waals surface area contributed by atoms with Crippen LogP contribution in [0.15, 0.2) is 0 Å². The van der Waals surface area contributed by atoms with Gasteiger partial charge in [0.05, 0.1) is 12.1 Å². The Morgan fingerprint density at radius 1 is 1.36 bits per heavy atom. The largest absolute Gasteiger partial charge is 0.328 e.